The highest BCUT2D eigenvalue weighted by atomic mass is 79.9. The van der Waals surface area contributed by atoms with Crippen molar-refractivity contribution in [3.63, 3.8) is 0 Å². The first kappa shape index (κ1) is 22.4. The first-order valence-corrected chi connectivity index (χ1v) is 10.5. The molecule has 2 aromatic rings. The fourth-order valence-electron chi connectivity index (χ4n) is 2.51. The number of halogens is 2. The molecule has 2 aromatic carbocycles. The molecule has 1 N–H and O–H groups in total. The minimum atomic E-state index is -0.314. The van der Waals surface area contributed by atoms with Gasteiger partial charge in [-0.25, -0.2) is 5.43 Å². The normalized spacial score (nSPS) is 11.9. The summed E-state index contributed by atoms with van der Waals surface area (Å²) in [4.78, 5) is 12.1. The van der Waals surface area contributed by atoms with Crippen molar-refractivity contribution < 1.29 is 9.53 Å². The quantitative estimate of drug-likeness (QED) is 0.356. The molecule has 6 heteroatoms. The Labute approximate surface area is 183 Å². The molecule has 0 bridgehead atoms. The summed E-state index contributed by atoms with van der Waals surface area (Å²) in [5.74, 6) is 0.635. The van der Waals surface area contributed by atoms with Gasteiger partial charge in [0.25, 0.3) is 5.91 Å². The highest BCUT2D eigenvalue weighted by Gasteiger charge is 2.17. The number of carbonyl (C=O) groups is 1. The molecule has 2 rings (SSSR count). The van der Waals surface area contributed by atoms with Crippen LogP contribution in [-0.4, -0.2) is 18.7 Å². The molecule has 0 aliphatic carbocycles. The fourth-order valence-corrected chi connectivity index (χ4v) is 3.78. The second-order valence-corrected chi connectivity index (χ2v) is 8.40. The number of allylic oxidation sites excluding steroid dienone is 1. The number of nitrogens with zero attached hydrogens (tertiary/aromatic N) is 1. The van der Waals surface area contributed by atoms with Crippen LogP contribution in [0.4, 0.5) is 0 Å². The molecule has 28 heavy (non-hydrogen) atoms. The topological polar surface area (TPSA) is 50.7 Å². The van der Waals surface area contributed by atoms with Crippen LogP contribution in [0.5, 0.6) is 5.75 Å². The van der Waals surface area contributed by atoms with E-state index >= 15 is 0 Å². The molecule has 0 heterocycles. The second kappa shape index (κ2) is 10.6. The van der Waals surface area contributed by atoms with Gasteiger partial charge in [0, 0.05) is 4.47 Å². The van der Waals surface area contributed by atoms with Crippen LogP contribution in [0.1, 0.15) is 43.4 Å². The van der Waals surface area contributed by atoms with Gasteiger partial charge in [0.1, 0.15) is 5.75 Å². The summed E-state index contributed by atoms with van der Waals surface area (Å²) in [6.45, 7) is 7.97. The van der Waals surface area contributed by atoms with Gasteiger partial charge in [0.15, 0.2) is 6.61 Å². The van der Waals surface area contributed by atoms with Crippen LogP contribution in [0.25, 0.3) is 6.08 Å². The summed E-state index contributed by atoms with van der Waals surface area (Å²) < 4.78 is 7.67. The Hall–Kier alpha value is -1.92. The van der Waals surface area contributed by atoms with Crippen LogP contribution in [0.15, 0.2) is 56.0 Å². The van der Waals surface area contributed by atoms with Crippen molar-refractivity contribution in [3.8, 4) is 5.75 Å². The Balaban J connectivity index is 1.98. The van der Waals surface area contributed by atoms with E-state index < -0.39 is 0 Å². The highest BCUT2D eigenvalue weighted by Crippen LogP contribution is 2.40. The van der Waals surface area contributed by atoms with Crippen molar-refractivity contribution in [2.24, 2.45) is 5.10 Å². The number of ether oxygens (including phenoxy) is 1. The summed E-state index contributed by atoms with van der Waals surface area (Å²) in [5.41, 5.74) is 6.57. The maximum atomic E-state index is 12.1. The van der Waals surface area contributed by atoms with Crippen molar-refractivity contribution in [2.45, 2.75) is 33.6 Å². The second-order valence-electron chi connectivity index (χ2n) is 6.75. The van der Waals surface area contributed by atoms with Gasteiger partial charge in [-0.15, -0.1) is 0 Å². The SMILES string of the molecule is CC(/C=N\NC(=O)COc1c(C(C)C)cc(Br)c(C)c1Br)=C\c1ccccc1. The zero-order valence-corrected chi connectivity index (χ0v) is 19.6. The largest absolute Gasteiger partial charge is 0.482 e. The zero-order valence-electron chi connectivity index (χ0n) is 16.4. The number of nitrogens with one attached hydrogen (secondary N) is 1. The lowest BCUT2D eigenvalue weighted by Crippen LogP contribution is -2.25. The number of carbonyl (C=O) groups excluding carboxylic acids is 1. The van der Waals surface area contributed by atoms with Gasteiger partial charge >= 0.3 is 0 Å². The summed E-state index contributed by atoms with van der Waals surface area (Å²) in [5, 5.41) is 4.00. The molecule has 0 aliphatic rings. The van der Waals surface area contributed by atoms with Gasteiger partial charge in [-0.1, -0.05) is 66.2 Å². The lowest BCUT2D eigenvalue weighted by atomic mass is 10.0. The third-order valence-corrected chi connectivity index (χ3v) is 5.83. The van der Waals surface area contributed by atoms with Crippen molar-refractivity contribution >= 4 is 50.1 Å². The van der Waals surface area contributed by atoms with E-state index in [2.05, 4.69) is 56.2 Å². The van der Waals surface area contributed by atoms with Crippen LogP contribution in [0.3, 0.4) is 0 Å². The number of benzene rings is 2. The molecule has 0 aromatic heterocycles. The fraction of sp³-hybridized carbons (Fsp3) is 0.273. The van der Waals surface area contributed by atoms with E-state index in [-0.39, 0.29) is 18.4 Å². The summed E-state index contributed by atoms with van der Waals surface area (Å²) >= 11 is 7.14. The Morgan fingerprint density at radius 3 is 2.57 bits per heavy atom. The van der Waals surface area contributed by atoms with E-state index in [0.717, 1.165) is 31.2 Å². The van der Waals surface area contributed by atoms with E-state index in [1.807, 2.05) is 56.3 Å². The maximum absolute atomic E-state index is 12.1. The number of rotatable bonds is 7. The Bertz CT molecular complexity index is 891. The molecular weight excluding hydrogens is 484 g/mol. The lowest BCUT2D eigenvalue weighted by molar-refractivity contribution is -0.123. The summed E-state index contributed by atoms with van der Waals surface area (Å²) in [7, 11) is 0. The van der Waals surface area contributed by atoms with Crippen LogP contribution in [0, 0.1) is 6.92 Å². The lowest BCUT2D eigenvalue weighted by Gasteiger charge is -2.18. The Morgan fingerprint density at radius 1 is 1.25 bits per heavy atom. The van der Waals surface area contributed by atoms with Crippen LogP contribution < -0.4 is 10.2 Å². The molecule has 0 atom stereocenters. The first-order chi connectivity index (χ1) is 13.3. The minimum absolute atomic E-state index is 0.113. The van der Waals surface area contributed by atoms with Gasteiger partial charge in [0.2, 0.25) is 0 Å². The van der Waals surface area contributed by atoms with Crippen molar-refractivity contribution in [1.29, 1.82) is 0 Å². The Morgan fingerprint density at radius 2 is 1.93 bits per heavy atom. The summed E-state index contributed by atoms with van der Waals surface area (Å²) in [6.07, 6.45) is 3.60. The third kappa shape index (κ3) is 6.31. The number of amides is 1. The highest BCUT2D eigenvalue weighted by molar-refractivity contribution is 9.11. The van der Waals surface area contributed by atoms with Gasteiger partial charge in [-0.05, 0) is 64.0 Å². The standard InChI is InChI=1S/C22H24Br2N2O2/c1-14(2)18-11-19(23)16(4)21(24)22(18)28-13-20(27)26-25-12-15(3)10-17-8-6-5-7-9-17/h5-12,14H,13H2,1-4H3,(H,26,27)/b15-10+,25-12-. The zero-order chi connectivity index (χ0) is 20.7. The molecule has 0 radical (unpaired) electrons. The Kier molecular flexibility index (Phi) is 8.45. The first-order valence-electron chi connectivity index (χ1n) is 8.96. The molecule has 1 amide bonds. The number of hydrazone groups is 1. The molecule has 0 spiro atoms. The molecule has 0 fully saturated rings. The predicted molar refractivity (Wildman–Crippen MR) is 123 cm³/mol. The van der Waals surface area contributed by atoms with E-state index in [1.54, 1.807) is 6.21 Å². The van der Waals surface area contributed by atoms with Crippen molar-refractivity contribution in [2.75, 3.05) is 6.61 Å². The van der Waals surface area contributed by atoms with Gasteiger partial charge in [-0.2, -0.15) is 5.10 Å². The van der Waals surface area contributed by atoms with Crippen LogP contribution >= 0.6 is 31.9 Å². The van der Waals surface area contributed by atoms with E-state index in [4.69, 9.17) is 4.74 Å². The van der Waals surface area contributed by atoms with E-state index in [0.29, 0.717) is 5.75 Å². The molecule has 0 saturated carbocycles. The molecule has 148 valence electrons. The van der Waals surface area contributed by atoms with Crippen molar-refractivity contribution in [1.82, 2.24) is 5.43 Å². The van der Waals surface area contributed by atoms with Crippen molar-refractivity contribution in [3.05, 3.63) is 67.6 Å². The average Bonchev–Trinajstić information content (AvgIpc) is 2.65. The minimum Gasteiger partial charge on any atom is -0.482 e. The van der Waals surface area contributed by atoms with Gasteiger partial charge in [-0.3, -0.25) is 4.79 Å². The third-order valence-electron chi connectivity index (χ3n) is 4.05. The predicted octanol–water partition coefficient (Wildman–Crippen LogP) is 6.23. The molecular formula is C22H24Br2N2O2. The average molecular weight is 508 g/mol. The van der Waals surface area contributed by atoms with E-state index in [9.17, 15) is 4.79 Å². The number of hydrogen-bond acceptors (Lipinski definition) is 3. The van der Waals surface area contributed by atoms with E-state index in [1.165, 1.54) is 0 Å². The monoisotopic (exact) mass is 506 g/mol. The van der Waals surface area contributed by atoms with Crippen LogP contribution in [-0.2, 0) is 4.79 Å². The van der Waals surface area contributed by atoms with Gasteiger partial charge < -0.3 is 4.74 Å². The molecule has 0 saturated heterocycles. The smallest absolute Gasteiger partial charge is 0.277 e. The maximum Gasteiger partial charge on any atom is 0.277 e. The van der Waals surface area contributed by atoms with Crippen LogP contribution in [0.2, 0.25) is 0 Å². The molecule has 0 unspecified atom stereocenters. The summed E-state index contributed by atoms with van der Waals surface area (Å²) in [6, 6.07) is 12.0. The van der Waals surface area contributed by atoms with Gasteiger partial charge in [0.05, 0.1) is 10.7 Å². The molecule has 4 nitrogen and oxygen atoms in total. The number of hydrogen-bond donors (Lipinski definition) is 1. The molecule has 0 aliphatic heterocycles.